The third kappa shape index (κ3) is 4.82. The first-order valence-electron chi connectivity index (χ1n) is 15.2. The van der Waals surface area contributed by atoms with Gasteiger partial charge in [-0.1, -0.05) is 20.8 Å². The normalized spacial score (nSPS) is 27.9. The Hall–Kier alpha value is -3.23. The van der Waals surface area contributed by atoms with Crippen LogP contribution in [0.4, 0.5) is 5.82 Å². The molecule has 0 spiro atoms. The Morgan fingerprint density at radius 2 is 1.95 bits per heavy atom. The Labute approximate surface area is 247 Å². The summed E-state index contributed by atoms with van der Waals surface area (Å²) in [6.45, 7) is 13.8. The summed E-state index contributed by atoms with van der Waals surface area (Å²) in [5.74, 6) is 2.07. The summed E-state index contributed by atoms with van der Waals surface area (Å²) >= 11 is 0. The minimum Gasteiger partial charge on any atom is -0.491 e. The number of likely N-dealkylation sites (tertiary alicyclic amines) is 1. The van der Waals surface area contributed by atoms with Gasteiger partial charge in [-0.05, 0) is 42.9 Å². The van der Waals surface area contributed by atoms with Crippen LogP contribution in [0, 0.1) is 29.6 Å². The molecular formula is C32H41N7O3. The average Bonchev–Trinajstić information content (AvgIpc) is 3.25. The second-order valence-corrected chi connectivity index (χ2v) is 14.0. The zero-order valence-corrected chi connectivity index (χ0v) is 25.0. The maximum atomic E-state index is 10.7. The number of nitriles is 1. The van der Waals surface area contributed by atoms with E-state index in [2.05, 4.69) is 59.6 Å². The van der Waals surface area contributed by atoms with Crippen LogP contribution in [0.3, 0.4) is 0 Å². The number of β-amino-alcohol motifs (C(OH)–C–C–N with tert-alkyl or cyclic N) is 1. The molecule has 4 saturated heterocycles. The summed E-state index contributed by atoms with van der Waals surface area (Å²) in [5.41, 5.74) is 3.57. The van der Waals surface area contributed by atoms with Gasteiger partial charge in [0.1, 0.15) is 24.2 Å². The third-order valence-corrected chi connectivity index (χ3v) is 10.00. The van der Waals surface area contributed by atoms with E-state index in [1.165, 1.54) is 6.42 Å². The molecule has 5 unspecified atom stereocenters. The van der Waals surface area contributed by atoms with Crippen molar-refractivity contribution in [3.8, 4) is 22.9 Å². The van der Waals surface area contributed by atoms with Gasteiger partial charge in [-0.2, -0.15) is 10.4 Å². The van der Waals surface area contributed by atoms with Crippen molar-refractivity contribution in [2.75, 3.05) is 50.8 Å². The number of aromatic nitrogens is 3. The second kappa shape index (κ2) is 9.91. The summed E-state index contributed by atoms with van der Waals surface area (Å²) < 4.78 is 7.91. The van der Waals surface area contributed by atoms with Crippen molar-refractivity contribution in [3.05, 3.63) is 41.9 Å². The molecule has 0 radical (unpaired) electrons. The van der Waals surface area contributed by atoms with Crippen molar-refractivity contribution in [2.45, 2.75) is 64.3 Å². The molecule has 10 heteroatoms. The van der Waals surface area contributed by atoms with E-state index in [-0.39, 0.29) is 11.5 Å². The molecule has 3 aromatic rings. The highest BCUT2D eigenvalue weighted by Gasteiger charge is 2.58. The van der Waals surface area contributed by atoms with Crippen LogP contribution >= 0.6 is 0 Å². The Morgan fingerprint density at radius 3 is 2.62 bits per heavy atom. The van der Waals surface area contributed by atoms with Gasteiger partial charge in [-0.3, -0.25) is 9.80 Å². The first kappa shape index (κ1) is 27.6. The van der Waals surface area contributed by atoms with Gasteiger partial charge < -0.3 is 19.8 Å². The molecule has 42 heavy (non-hydrogen) atoms. The van der Waals surface area contributed by atoms with Crippen LogP contribution in [0.1, 0.15) is 44.7 Å². The quantitative estimate of drug-likeness (QED) is 0.421. The standard InChI is InChI=1S/C32H41N7O3/c1-20-7-29(37-15-23-8-24(16-37)38(23)18-28(40)31(2,3)4)34-13-27(20)26-9-25(17-39-30(26)21(11-33)12-35-39)42-6-5-36-14-22-10-32(22,41)19-36/h7,9,12-13,17,22-24,28,40-41H,5-6,8,10,14-16,18-19H2,1-4H3. The Morgan fingerprint density at radius 1 is 1.17 bits per heavy atom. The number of nitrogens with zero attached hydrogens (tertiary/aromatic N) is 7. The maximum absolute atomic E-state index is 10.7. The van der Waals surface area contributed by atoms with Crippen LogP contribution in [0.25, 0.3) is 16.6 Å². The number of aliphatic hydroxyl groups is 2. The molecular weight excluding hydrogens is 530 g/mol. The molecule has 8 rings (SSSR count). The first-order valence-corrected chi connectivity index (χ1v) is 15.2. The summed E-state index contributed by atoms with van der Waals surface area (Å²) in [6.07, 6.45) is 7.10. The number of aliphatic hydroxyl groups excluding tert-OH is 1. The molecule has 2 N–H and O–H groups in total. The molecule has 0 amide bonds. The Kier molecular flexibility index (Phi) is 6.51. The zero-order valence-electron chi connectivity index (χ0n) is 25.0. The molecule has 2 bridgehead atoms. The predicted octanol–water partition coefficient (Wildman–Crippen LogP) is 2.69. The van der Waals surface area contributed by atoms with Crippen LogP contribution in [-0.4, -0.2) is 104 Å². The van der Waals surface area contributed by atoms with Crippen molar-refractivity contribution in [1.29, 1.82) is 5.26 Å². The van der Waals surface area contributed by atoms with E-state index in [0.29, 0.717) is 35.9 Å². The monoisotopic (exact) mass is 571 g/mol. The lowest BCUT2D eigenvalue weighted by Gasteiger charge is -2.57. The number of piperazine rings is 1. The van der Waals surface area contributed by atoms with Crippen molar-refractivity contribution < 1.29 is 14.9 Å². The van der Waals surface area contributed by atoms with E-state index in [1.54, 1.807) is 10.7 Å². The molecule has 4 aliphatic heterocycles. The van der Waals surface area contributed by atoms with E-state index in [4.69, 9.17) is 9.72 Å². The number of hydrogen-bond acceptors (Lipinski definition) is 9. The second-order valence-electron chi connectivity index (χ2n) is 14.0. The van der Waals surface area contributed by atoms with Gasteiger partial charge in [-0.15, -0.1) is 0 Å². The fraction of sp³-hybridized carbons (Fsp3) is 0.594. The van der Waals surface area contributed by atoms with E-state index in [9.17, 15) is 15.5 Å². The van der Waals surface area contributed by atoms with Crippen LogP contribution < -0.4 is 9.64 Å². The zero-order chi connectivity index (χ0) is 29.4. The lowest BCUT2D eigenvalue weighted by molar-refractivity contribution is -0.0591. The van der Waals surface area contributed by atoms with Gasteiger partial charge in [0.15, 0.2) is 0 Å². The van der Waals surface area contributed by atoms with Gasteiger partial charge in [0, 0.05) is 74.6 Å². The van der Waals surface area contributed by atoms with Gasteiger partial charge in [0.25, 0.3) is 0 Å². The van der Waals surface area contributed by atoms with Gasteiger partial charge >= 0.3 is 0 Å². The number of hydrogen-bond donors (Lipinski definition) is 2. The Balaban J connectivity index is 1.08. The largest absolute Gasteiger partial charge is 0.491 e. The molecule has 0 aromatic carbocycles. The molecule has 5 fully saturated rings. The third-order valence-electron chi connectivity index (χ3n) is 10.00. The fourth-order valence-electron chi connectivity index (χ4n) is 7.13. The van der Waals surface area contributed by atoms with E-state index in [1.807, 2.05) is 18.5 Å². The smallest absolute Gasteiger partial charge is 0.138 e. The first-order chi connectivity index (χ1) is 20.0. The van der Waals surface area contributed by atoms with Crippen molar-refractivity contribution in [1.82, 2.24) is 24.4 Å². The van der Waals surface area contributed by atoms with Gasteiger partial charge in [0.2, 0.25) is 0 Å². The highest BCUT2D eigenvalue weighted by atomic mass is 16.5. The number of aryl methyl sites for hydroxylation is 1. The summed E-state index contributed by atoms with van der Waals surface area (Å²) in [6, 6.07) is 7.30. The number of fused-ring (bicyclic) bond motifs is 4. The number of rotatable bonds is 8. The van der Waals surface area contributed by atoms with Crippen molar-refractivity contribution in [3.63, 3.8) is 0 Å². The van der Waals surface area contributed by atoms with Crippen molar-refractivity contribution in [2.24, 2.45) is 11.3 Å². The molecule has 10 nitrogen and oxygen atoms in total. The average molecular weight is 572 g/mol. The van der Waals surface area contributed by atoms with E-state index >= 15 is 0 Å². The lowest BCUT2D eigenvalue weighted by atomic mass is 9.83. The number of anilines is 1. The fourth-order valence-corrected chi connectivity index (χ4v) is 7.13. The number of piperidine rings is 2. The SMILES string of the molecule is Cc1cc(N2CC3CC(C2)N3CC(O)C(C)(C)C)ncc1-c1cc(OCCN2CC3CC3(O)C2)cn2ncc(C#N)c12. The van der Waals surface area contributed by atoms with Crippen LogP contribution in [0.5, 0.6) is 5.75 Å². The predicted molar refractivity (Wildman–Crippen MR) is 159 cm³/mol. The minimum atomic E-state index is -0.464. The summed E-state index contributed by atoms with van der Waals surface area (Å²) in [4.78, 5) is 12.0. The highest BCUT2D eigenvalue weighted by molar-refractivity contribution is 5.86. The van der Waals surface area contributed by atoms with Crippen LogP contribution in [0.2, 0.25) is 0 Å². The molecule has 7 heterocycles. The lowest BCUT2D eigenvalue weighted by Crippen LogP contribution is -2.70. The van der Waals surface area contributed by atoms with Gasteiger partial charge in [-0.25, -0.2) is 9.50 Å². The van der Waals surface area contributed by atoms with Crippen molar-refractivity contribution >= 4 is 11.3 Å². The maximum Gasteiger partial charge on any atom is 0.138 e. The van der Waals surface area contributed by atoms with Crippen LogP contribution in [-0.2, 0) is 0 Å². The molecule has 5 atom stereocenters. The Bertz CT molecular complexity index is 1550. The van der Waals surface area contributed by atoms with E-state index in [0.717, 1.165) is 73.7 Å². The van der Waals surface area contributed by atoms with Gasteiger partial charge in [0.05, 0.1) is 35.2 Å². The summed E-state index contributed by atoms with van der Waals surface area (Å²) in [7, 11) is 0. The molecule has 3 aromatic heterocycles. The molecule has 1 saturated carbocycles. The highest BCUT2D eigenvalue weighted by Crippen LogP contribution is 2.49. The minimum absolute atomic E-state index is 0.121. The summed E-state index contributed by atoms with van der Waals surface area (Å²) in [5, 5.41) is 35.2. The molecule has 5 aliphatic rings. The van der Waals surface area contributed by atoms with Crippen LogP contribution in [0.15, 0.2) is 30.7 Å². The molecule has 1 aliphatic carbocycles. The topological polar surface area (TPSA) is 113 Å². The number of ether oxygens (including phenoxy) is 1. The molecule has 222 valence electrons. The number of pyridine rings is 2. The van der Waals surface area contributed by atoms with E-state index < -0.39 is 5.60 Å².